The van der Waals surface area contributed by atoms with Gasteiger partial charge >= 0.3 is 0 Å². The summed E-state index contributed by atoms with van der Waals surface area (Å²) in [7, 11) is 0. The summed E-state index contributed by atoms with van der Waals surface area (Å²) in [5, 5.41) is 11.8. The van der Waals surface area contributed by atoms with Crippen molar-refractivity contribution >= 4 is 0 Å². The molecule has 0 unspecified atom stereocenters. The monoisotopic (exact) mass is 167 g/mol. The molecule has 0 aliphatic rings. The van der Waals surface area contributed by atoms with Crippen LogP contribution in [0.3, 0.4) is 0 Å². The van der Waals surface area contributed by atoms with E-state index in [0.717, 1.165) is 5.56 Å². The molecule has 0 saturated carbocycles. The Morgan fingerprint density at radius 2 is 2.17 bits per heavy atom. The molecule has 0 spiro atoms. The van der Waals surface area contributed by atoms with Gasteiger partial charge in [0.15, 0.2) is 0 Å². The molecule has 0 fully saturated rings. The Morgan fingerprint density at radius 1 is 1.50 bits per heavy atom. The van der Waals surface area contributed by atoms with Crippen molar-refractivity contribution in [3.8, 4) is 0 Å². The van der Waals surface area contributed by atoms with Gasteiger partial charge in [-0.05, 0) is 6.92 Å². The van der Waals surface area contributed by atoms with E-state index >= 15 is 0 Å². The smallest absolute Gasteiger partial charge is 0.115 e. The summed E-state index contributed by atoms with van der Waals surface area (Å²) in [6.45, 7) is 2.76. The third-order valence-electron chi connectivity index (χ3n) is 1.54. The fourth-order valence-corrected chi connectivity index (χ4v) is 0.778. The molecule has 0 bridgehead atoms. The molecule has 1 rings (SSSR count). The molecule has 1 aromatic heterocycles. The van der Waals surface area contributed by atoms with E-state index in [1.165, 1.54) is 6.33 Å². The van der Waals surface area contributed by atoms with Crippen molar-refractivity contribution < 1.29 is 5.11 Å². The fraction of sp³-hybridized carbons (Fsp3) is 0.500. The van der Waals surface area contributed by atoms with E-state index < -0.39 is 0 Å². The van der Waals surface area contributed by atoms with Crippen LogP contribution < -0.4 is 5.32 Å². The molecule has 0 amide bonds. The van der Waals surface area contributed by atoms with Crippen LogP contribution in [0.4, 0.5) is 0 Å². The van der Waals surface area contributed by atoms with Gasteiger partial charge in [0.05, 0.1) is 6.61 Å². The van der Waals surface area contributed by atoms with Crippen LogP contribution in [0.25, 0.3) is 0 Å². The standard InChI is InChI=1S/C8H13N3O/c1-7(5-12)11-4-8-2-9-6-10-3-8/h2-3,6-7,11-12H,4-5H2,1H3/t7-/m1/s1. The highest BCUT2D eigenvalue weighted by Crippen LogP contribution is 1.92. The number of aliphatic hydroxyl groups excluding tert-OH is 1. The lowest BCUT2D eigenvalue weighted by Crippen LogP contribution is -2.28. The van der Waals surface area contributed by atoms with Gasteiger partial charge in [-0.1, -0.05) is 0 Å². The van der Waals surface area contributed by atoms with Crippen molar-refractivity contribution in [1.82, 2.24) is 15.3 Å². The first-order valence-corrected chi connectivity index (χ1v) is 3.91. The largest absolute Gasteiger partial charge is 0.395 e. The van der Waals surface area contributed by atoms with E-state index in [-0.39, 0.29) is 12.6 Å². The maximum Gasteiger partial charge on any atom is 0.115 e. The Kier molecular flexibility index (Phi) is 3.63. The Morgan fingerprint density at radius 3 is 2.75 bits per heavy atom. The Balaban J connectivity index is 2.33. The van der Waals surface area contributed by atoms with Crippen LogP contribution in [0.2, 0.25) is 0 Å². The highest BCUT2D eigenvalue weighted by atomic mass is 16.3. The number of hydrogen-bond donors (Lipinski definition) is 2. The van der Waals surface area contributed by atoms with Crippen molar-refractivity contribution in [2.24, 2.45) is 0 Å². The summed E-state index contributed by atoms with van der Waals surface area (Å²) < 4.78 is 0. The lowest BCUT2D eigenvalue weighted by molar-refractivity contribution is 0.251. The molecular formula is C8H13N3O. The first-order valence-electron chi connectivity index (χ1n) is 3.91. The van der Waals surface area contributed by atoms with Crippen LogP contribution in [-0.2, 0) is 6.54 Å². The van der Waals surface area contributed by atoms with Gasteiger partial charge in [-0.3, -0.25) is 0 Å². The Labute approximate surface area is 71.7 Å². The fourth-order valence-electron chi connectivity index (χ4n) is 0.778. The van der Waals surface area contributed by atoms with Gasteiger partial charge in [-0.15, -0.1) is 0 Å². The summed E-state index contributed by atoms with van der Waals surface area (Å²) in [6, 6.07) is 0.116. The van der Waals surface area contributed by atoms with Gasteiger partial charge in [-0.2, -0.15) is 0 Å². The molecule has 1 aromatic rings. The number of rotatable bonds is 4. The minimum absolute atomic E-state index is 0.116. The quantitative estimate of drug-likeness (QED) is 0.660. The molecule has 2 N–H and O–H groups in total. The highest BCUT2D eigenvalue weighted by molar-refractivity contribution is 5.01. The van der Waals surface area contributed by atoms with Crippen molar-refractivity contribution in [2.75, 3.05) is 6.61 Å². The second kappa shape index (κ2) is 4.79. The molecular weight excluding hydrogens is 154 g/mol. The van der Waals surface area contributed by atoms with E-state index in [4.69, 9.17) is 5.11 Å². The zero-order chi connectivity index (χ0) is 8.81. The second-order valence-corrected chi connectivity index (χ2v) is 2.71. The number of aromatic nitrogens is 2. The molecule has 4 nitrogen and oxygen atoms in total. The third kappa shape index (κ3) is 2.94. The average molecular weight is 167 g/mol. The van der Waals surface area contributed by atoms with Crippen LogP contribution in [0.1, 0.15) is 12.5 Å². The van der Waals surface area contributed by atoms with Gasteiger partial charge in [0, 0.05) is 30.5 Å². The summed E-state index contributed by atoms with van der Waals surface area (Å²) in [6.07, 6.45) is 5.01. The van der Waals surface area contributed by atoms with Crippen molar-refractivity contribution in [2.45, 2.75) is 19.5 Å². The van der Waals surface area contributed by atoms with Crippen LogP contribution in [0, 0.1) is 0 Å². The minimum Gasteiger partial charge on any atom is -0.395 e. The zero-order valence-corrected chi connectivity index (χ0v) is 7.07. The minimum atomic E-state index is 0.116. The summed E-state index contributed by atoms with van der Waals surface area (Å²) >= 11 is 0. The first-order chi connectivity index (χ1) is 5.83. The number of aliphatic hydroxyl groups is 1. The molecule has 0 saturated heterocycles. The Hall–Kier alpha value is -1.00. The van der Waals surface area contributed by atoms with Crippen LogP contribution >= 0.6 is 0 Å². The Bertz CT molecular complexity index is 215. The SMILES string of the molecule is C[C@H](CO)NCc1cncnc1. The topological polar surface area (TPSA) is 58.0 Å². The molecule has 66 valence electrons. The van der Waals surface area contributed by atoms with Gasteiger partial charge in [0.2, 0.25) is 0 Å². The van der Waals surface area contributed by atoms with E-state index in [9.17, 15) is 0 Å². The maximum absolute atomic E-state index is 8.72. The summed E-state index contributed by atoms with van der Waals surface area (Å²) in [4.78, 5) is 7.75. The van der Waals surface area contributed by atoms with Crippen molar-refractivity contribution in [1.29, 1.82) is 0 Å². The third-order valence-corrected chi connectivity index (χ3v) is 1.54. The molecule has 12 heavy (non-hydrogen) atoms. The summed E-state index contributed by atoms with van der Waals surface area (Å²) in [5.74, 6) is 0. The van der Waals surface area contributed by atoms with Crippen LogP contribution in [0.5, 0.6) is 0 Å². The normalized spacial score (nSPS) is 12.8. The van der Waals surface area contributed by atoms with Crippen LogP contribution in [-0.4, -0.2) is 27.7 Å². The molecule has 1 atom stereocenters. The predicted molar refractivity (Wildman–Crippen MR) is 45.4 cm³/mol. The number of nitrogens with zero attached hydrogens (tertiary/aromatic N) is 2. The van der Waals surface area contributed by atoms with Crippen LogP contribution in [0.15, 0.2) is 18.7 Å². The maximum atomic E-state index is 8.72. The van der Waals surface area contributed by atoms with E-state index in [2.05, 4.69) is 15.3 Å². The van der Waals surface area contributed by atoms with Crippen molar-refractivity contribution in [3.63, 3.8) is 0 Å². The lowest BCUT2D eigenvalue weighted by Gasteiger charge is -2.09. The van der Waals surface area contributed by atoms with Crippen molar-refractivity contribution in [3.05, 3.63) is 24.3 Å². The zero-order valence-electron chi connectivity index (χ0n) is 7.07. The summed E-state index contributed by atoms with van der Waals surface area (Å²) in [5.41, 5.74) is 1.03. The molecule has 1 heterocycles. The lowest BCUT2D eigenvalue weighted by atomic mass is 10.3. The molecule has 0 radical (unpaired) electrons. The predicted octanol–water partition coefficient (Wildman–Crippen LogP) is -0.0530. The molecule has 4 heteroatoms. The molecule has 0 aliphatic heterocycles. The van der Waals surface area contributed by atoms with Gasteiger partial charge in [0.25, 0.3) is 0 Å². The molecule has 0 aromatic carbocycles. The number of nitrogens with one attached hydrogen (secondary N) is 1. The highest BCUT2D eigenvalue weighted by Gasteiger charge is 1.98. The number of hydrogen-bond acceptors (Lipinski definition) is 4. The second-order valence-electron chi connectivity index (χ2n) is 2.71. The van der Waals surface area contributed by atoms with E-state index in [0.29, 0.717) is 6.54 Å². The first kappa shape index (κ1) is 9.09. The van der Waals surface area contributed by atoms with Gasteiger partial charge < -0.3 is 10.4 Å². The molecule has 0 aliphatic carbocycles. The average Bonchev–Trinajstić information content (AvgIpc) is 2.16. The van der Waals surface area contributed by atoms with Gasteiger partial charge in [-0.25, -0.2) is 9.97 Å². The van der Waals surface area contributed by atoms with Gasteiger partial charge in [0.1, 0.15) is 6.33 Å². The van der Waals surface area contributed by atoms with E-state index in [1.54, 1.807) is 12.4 Å². The van der Waals surface area contributed by atoms with E-state index in [1.807, 2.05) is 6.92 Å².